The van der Waals surface area contributed by atoms with E-state index in [1.54, 1.807) is 36.2 Å². The Hall–Kier alpha value is -2.69. The second-order valence-corrected chi connectivity index (χ2v) is 5.08. The molecule has 0 saturated heterocycles. The third kappa shape index (κ3) is 2.63. The van der Waals surface area contributed by atoms with Crippen molar-refractivity contribution in [1.82, 2.24) is 4.90 Å². The summed E-state index contributed by atoms with van der Waals surface area (Å²) in [4.78, 5) is 13.9. The monoisotopic (exact) mass is 284 g/mol. The lowest BCUT2D eigenvalue weighted by molar-refractivity contribution is 0.0745. The molecular weight excluding hydrogens is 268 g/mol. The van der Waals surface area contributed by atoms with Crippen LogP contribution in [0.2, 0.25) is 0 Å². The van der Waals surface area contributed by atoms with Crippen molar-refractivity contribution in [2.75, 3.05) is 12.8 Å². The molecule has 2 heterocycles. The summed E-state index contributed by atoms with van der Waals surface area (Å²) >= 11 is 0. The van der Waals surface area contributed by atoms with Crippen LogP contribution in [0.1, 0.15) is 22.1 Å². The number of furan rings is 2. The zero-order valence-electron chi connectivity index (χ0n) is 11.9. The van der Waals surface area contributed by atoms with Gasteiger partial charge in [-0.2, -0.15) is 0 Å². The first kappa shape index (κ1) is 13.3. The van der Waals surface area contributed by atoms with Gasteiger partial charge in [-0.3, -0.25) is 4.79 Å². The fourth-order valence-electron chi connectivity index (χ4n) is 2.23. The fraction of sp³-hybridized carbons (Fsp3) is 0.188. The van der Waals surface area contributed by atoms with Crippen molar-refractivity contribution in [3.63, 3.8) is 0 Å². The number of carbonyl (C=O) groups is 1. The van der Waals surface area contributed by atoms with Crippen LogP contribution in [0.25, 0.3) is 11.0 Å². The molecule has 2 aromatic heterocycles. The van der Waals surface area contributed by atoms with Crippen LogP contribution in [-0.4, -0.2) is 17.9 Å². The third-order valence-corrected chi connectivity index (χ3v) is 3.29. The average molecular weight is 284 g/mol. The molecule has 0 fully saturated rings. The smallest absolute Gasteiger partial charge is 0.289 e. The molecule has 0 unspecified atom stereocenters. The lowest BCUT2D eigenvalue weighted by atomic mass is 10.2. The molecule has 0 radical (unpaired) electrons. The topological polar surface area (TPSA) is 72.6 Å². The van der Waals surface area contributed by atoms with E-state index < -0.39 is 0 Å². The molecule has 3 rings (SSSR count). The maximum atomic E-state index is 12.4. The summed E-state index contributed by atoms with van der Waals surface area (Å²) in [5, 5.41) is 0.820. The third-order valence-electron chi connectivity index (χ3n) is 3.29. The summed E-state index contributed by atoms with van der Waals surface area (Å²) < 4.78 is 11.0. The van der Waals surface area contributed by atoms with E-state index in [4.69, 9.17) is 14.6 Å². The van der Waals surface area contributed by atoms with Gasteiger partial charge < -0.3 is 19.5 Å². The number of hydrogen-bond donors (Lipinski definition) is 1. The second kappa shape index (κ2) is 5.01. The predicted molar refractivity (Wildman–Crippen MR) is 79.9 cm³/mol. The van der Waals surface area contributed by atoms with E-state index in [0.29, 0.717) is 23.6 Å². The van der Waals surface area contributed by atoms with E-state index >= 15 is 0 Å². The lowest BCUT2D eigenvalue weighted by Gasteiger charge is -2.13. The molecule has 108 valence electrons. The molecule has 0 spiro atoms. The predicted octanol–water partition coefficient (Wildman–Crippen LogP) is 3.19. The van der Waals surface area contributed by atoms with Gasteiger partial charge in [0.25, 0.3) is 5.91 Å². The number of aryl methyl sites for hydroxylation is 1. The minimum absolute atomic E-state index is 0.196. The normalized spacial score (nSPS) is 11.0. The Labute approximate surface area is 121 Å². The van der Waals surface area contributed by atoms with Crippen LogP contribution in [0, 0.1) is 6.92 Å². The van der Waals surface area contributed by atoms with Crippen molar-refractivity contribution >= 4 is 22.6 Å². The Morgan fingerprint density at radius 3 is 2.71 bits per heavy atom. The standard InChI is InChI=1S/C16H16N2O3/c1-10-3-5-13(20-10)9-18(2)16(19)15-8-11-7-12(17)4-6-14(11)21-15/h3-8H,9,17H2,1-2H3. The quantitative estimate of drug-likeness (QED) is 0.750. The first-order chi connectivity index (χ1) is 10.0. The van der Waals surface area contributed by atoms with Gasteiger partial charge in [-0.05, 0) is 43.3 Å². The largest absolute Gasteiger partial charge is 0.464 e. The van der Waals surface area contributed by atoms with Crippen LogP contribution >= 0.6 is 0 Å². The molecule has 0 aliphatic heterocycles. The Kier molecular flexibility index (Phi) is 3.17. The Bertz CT molecular complexity index is 801. The molecule has 3 aromatic rings. The molecule has 1 aromatic carbocycles. The van der Waals surface area contributed by atoms with Crippen molar-refractivity contribution in [1.29, 1.82) is 0 Å². The minimum Gasteiger partial charge on any atom is -0.464 e. The number of carbonyl (C=O) groups excluding carboxylic acids is 1. The van der Waals surface area contributed by atoms with Gasteiger partial charge in [0, 0.05) is 18.1 Å². The molecular formula is C16H16N2O3. The maximum Gasteiger partial charge on any atom is 0.289 e. The highest BCUT2D eigenvalue weighted by Gasteiger charge is 2.18. The Balaban J connectivity index is 1.82. The summed E-state index contributed by atoms with van der Waals surface area (Å²) in [5.74, 6) is 1.66. The van der Waals surface area contributed by atoms with Gasteiger partial charge in [0.2, 0.25) is 0 Å². The van der Waals surface area contributed by atoms with Crippen molar-refractivity contribution in [2.45, 2.75) is 13.5 Å². The first-order valence-electron chi connectivity index (χ1n) is 6.63. The average Bonchev–Trinajstić information content (AvgIpc) is 3.03. The molecule has 0 saturated carbocycles. The molecule has 0 aliphatic carbocycles. The van der Waals surface area contributed by atoms with Crippen molar-refractivity contribution in [2.24, 2.45) is 0 Å². The SMILES string of the molecule is Cc1ccc(CN(C)C(=O)c2cc3cc(N)ccc3o2)o1. The first-order valence-corrected chi connectivity index (χ1v) is 6.63. The number of hydrogen-bond acceptors (Lipinski definition) is 4. The second-order valence-electron chi connectivity index (χ2n) is 5.08. The Morgan fingerprint density at radius 2 is 2.00 bits per heavy atom. The van der Waals surface area contributed by atoms with Crippen LogP contribution in [0.3, 0.4) is 0 Å². The molecule has 2 N–H and O–H groups in total. The van der Waals surface area contributed by atoms with Crippen LogP contribution in [-0.2, 0) is 6.54 Å². The van der Waals surface area contributed by atoms with Gasteiger partial charge in [-0.1, -0.05) is 0 Å². The van der Waals surface area contributed by atoms with Crippen LogP contribution in [0.4, 0.5) is 5.69 Å². The van der Waals surface area contributed by atoms with E-state index in [9.17, 15) is 4.79 Å². The molecule has 5 nitrogen and oxygen atoms in total. The van der Waals surface area contributed by atoms with Crippen LogP contribution < -0.4 is 5.73 Å². The molecule has 0 bridgehead atoms. The number of rotatable bonds is 3. The van der Waals surface area contributed by atoms with E-state index in [-0.39, 0.29) is 5.91 Å². The van der Waals surface area contributed by atoms with E-state index in [1.165, 1.54) is 0 Å². The highest BCUT2D eigenvalue weighted by molar-refractivity contribution is 5.96. The number of amides is 1. The number of anilines is 1. The number of nitrogens with zero attached hydrogens (tertiary/aromatic N) is 1. The summed E-state index contributed by atoms with van der Waals surface area (Å²) in [7, 11) is 1.71. The number of nitrogen functional groups attached to an aromatic ring is 1. The molecule has 1 amide bonds. The number of nitrogens with two attached hydrogens (primary N) is 1. The van der Waals surface area contributed by atoms with Crippen molar-refractivity contribution in [3.05, 3.63) is 53.7 Å². The van der Waals surface area contributed by atoms with Crippen LogP contribution in [0.15, 0.2) is 45.2 Å². The summed E-state index contributed by atoms with van der Waals surface area (Å²) in [6, 6.07) is 10.7. The lowest BCUT2D eigenvalue weighted by Crippen LogP contribution is -2.25. The van der Waals surface area contributed by atoms with Crippen molar-refractivity contribution < 1.29 is 13.6 Å². The Morgan fingerprint density at radius 1 is 1.19 bits per heavy atom. The summed E-state index contributed by atoms with van der Waals surface area (Å²) in [6.07, 6.45) is 0. The number of fused-ring (bicyclic) bond motifs is 1. The van der Waals surface area contributed by atoms with Gasteiger partial charge >= 0.3 is 0 Å². The van der Waals surface area contributed by atoms with Crippen molar-refractivity contribution in [3.8, 4) is 0 Å². The molecule has 0 atom stereocenters. The van der Waals surface area contributed by atoms with Gasteiger partial charge in [-0.15, -0.1) is 0 Å². The highest BCUT2D eigenvalue weighted by atomic mass is 16.4. The zero-order valence-corrected chi connectivity index (χ0v) is 11.9. The number of benzene rings is 1. The minimum atomic E-state index is -0.196. The highest BCUT2D eigenvalue weighted by Crippen LogP contribution is 2.23. The van der Waals surface area contributed by atoms with E-state index in [2.05, 4.69) is 0 Å². The molecule has 21 heavy (non-hydrogen) atoms. The fourth-order valence-corrected chi connectivity index (χ4v) is 2.23. The van der Waals surface area contributed by atoms with Gasteiger partial charge in [0.1, 0.15) is 17.1 Å². The van der Waals surface area contributed by atoms with Gasteiger partial charge in [0.15, 0.2) is 5.76 Å². The van der Waals surface area contributed by atoms with Gasteiger partial charge in [0.05, 0.1) is 6.54 Å². The summed E-state index contributed by atoms with van der Waals surface area (Å²) in [6.45, 7) is 2.26. The van der Waals surface area contributed by atoms with E-state index in [1.807, 2.05) is 19.1 Å². The van der Waals surface area contributed by atoms with Gasteiger partial charge in [-0.25, -0.2) is 0 Å². The summed E-state index contributed by atoms with van der Waals surface area (Å²) in [5.41, 5.74) is 7.01. The molecule has 5 heteroatoms. The maximum absolute atomic E-state index is 12.4. The van der Waals surface area contributed by atoms with E-state index in [0.717, 1.165) is 16.9 Å². The zero-order chi connectivity index (χ0) is 15.0. The molecule has 0 aliphatic rings. The van der Waals surface area contributed by atoms with Crippen LogP contribution in [0.5, 0.6) is 0 Å².